The maximum atomic E-state index is 12.1. The fourth-order valence-electron chi connectivity index (χ4n) is 1.99. The lowest BCUT2D eigenvalue weighted by molar-refractivity contribution is 0.597. The molecule has 0 saturated carbocycles. The lowest BCUT2D eigenvalue weighted by Crippen LogP contribution is -2.15. The van der Waals surface area contributed by atoms with Gasteiger partial charge in [-0.3, -0.25) is 0 Å². The molecule has 0 amide bonds. The molecule has 20 heavy (non-hydrogen) atoms. The molecule has 0 aliphatic rings. The van der Waals surface area contributed by atoms with Crippen molar-refractivity contribution in [3.8, 4) is 0 Å². The molecule has 0 aliphatic heterocycles. The van der Waals surface area contributed by atoms with Gasteiger partial charge in [0.2, 0.25) is 0 Å². The summed E-state index contributed by atoms with van der Waals surface area (Å²) < 4.78 is 26.0. The number of hydrogen-bond acceptors (Lipinski definition) is 5. The zero-order valence-corrected chi connectivity index (χ0v) is 12.6. The number of benzene rings is 1. The highest BCUT2D eigenvalue weighted by molar-refractivity contribution is 7.91. The van der Waals surface area contributed by atoms with Gasteiger partial charge in [0.25, 0.3) is 0 Å². The van der Waals surface area contributed by atoms with Crippen LogP contribution in [0.5, 0.6) is 0 Å². The van der Waals surface area contributed by atoms with E-state index in [2.05, 4.69) is 15.5 Å². The molecule has 0 fully saturated rings. The van der Waals surface area contributed by atoms with Crippen molar-refractivity contribution in [3.63, 3.8) is 0 Å². The molecular weight excluding hydrogens is 276 g/mol. The molecule has 1 atom stereocenters. The highest BCUT2D eigenvalue weighted by Gasteiger charge is 2.19. The third kappa shape index (κ3) is 2.82. The second-order valence-electron chi connectivity index (χ2n) is 4.57. The minimum Gasteiger partial charge on any atom is -0.374 e. The van der Waals surface area contributed by atoms with E-state index in [1.807, 2.05) is 14.0 Å². The Hall–Kier alpha value is -1.89. The molecule has 0 bridgehead atoms. The molecule has 0 spiro atoms. The summed E-state index contributed by atoms with van der Waals surface area (Å²) in [5.41, 5.74) is 0.588. The molecule has 1 unspecified atom stereocenters. The van der Waals surface area contributed by atoms with Crippen LogP contribution in [0.4, 0.5) is 5.69 Å². The van der Waals surface area contributed by atoms with Gasteiger partial charge in [-0.2, -0.15) is 0 Å². The van der Waals surface area contributed by atoms with Crippen LogP contribution < -0.4 is 5.32 Å². The summed E-state index contributed by atoms with van der Waals surface area (Å²) in [5.74, 6) is 0.818. The monoisotopic (exact) mass is 294 g/mol. The zero-order valence-electron chi connectivity index (χ0n) is 11.7. The third-order valence-electron chi connectivity index (χ3n) is 3.11. The normalized spacial score (nSPS) is 13.2. The summed E-state index contributed by atoms with van der Waals surface area (Å²) >= 11 is 0. The number of nitrogens with one attached hydrogen (secondary N) is 1. The Bertz CT molecular complexity index is 694. The second-order valence-corrected chi connectivity index (χ2v) is 6.81. The van der Waals surface area contributed by atoms with E-state index in [0.717, 1.165) is 5.82 Å². The first-order chi connectivity index (χ1) is 9.45. The number of para-hydroxylation sites is 1. The Morgan fingerprint density at radius 1 is 1.35 bits per heavy atom. The molecular formula is C13H18N4O2S. The van der Waals surface area contributed by atoms with Gasteiger partial charge in [0.1, 0.15) is 6.33 Å². The van der Waals surface area contributed by atoms with E-state index in [1.54, 1.807) is 42.1 Å². The fourth-order valence-corrected chi connectivity index (χ4v) is 3.05. The van der Waals surface area contributed by atoms with Crippen molar-refractivity contribution in [1.82, 2.24) is 14.8 Å². The molecule has 7 heteroatoms. The van der Waals surface area contributed by atoms with Crippen LogP contribution >= 0.6 is 0 Å². The van der Waals surface area contributed by atoms with Crippen molar-refractivity contribution >= 4 is 15.5 Å². The fraction of sp³-hybridized carbons (Fsp3) is 0.385. The van der Waals surface area contributed by atoms with Crippen LogP contribution in [-0.4, -0.2) is 28.9 Å². The molecule has 108 valence electrons. The van der Waals surface area contributed by atoms with Gasteiger partial charge in [0.05, 0.1) is 22.4 Å². The van der Waals surface area contributed by atoms with Gasteiger partial charge in [0.15, 0.2) is 15.7 Å². The first-order valence-electron chi connectivity index (χ1n) is 6.38. The Kier molecular flexibility index (Phi) is 4.08. The Morgan fingerprint density at radius 2 is 2.05 bits per heavy atom. The number of rotatable bonds is 5. The van der Waals surface area contributed by atoms with Gasteiger partial charge in [-0.05, 0) is 19.1 Å². The quantitative estimate of drug-likeness (QED) is 0.909. The molecule has 1 heterocycles. The minimum absolute atomic E-state index is 0.0734. The molecule has 2 rings (SSSR count). The standard InChI is InChI=1S/C13H18N4O2S/c1-4-20(18,19)12-8-6-5-7-11(12)15-10(2)13-16-14-9-17(13)3/h5-10,15H,4H2,1-3H3. The van der Waals surface area contributed by atoms with Crippen LogP contribution in [0.3, 0.4) is 0 Å². The predicted octanol–water partition coefficient (Wildman–Crippen LogP) is 1.78. The zero-order chi connectivity index (χ0) is 14.8. The van der Waals surface area contributed by atoms with E-state index < -0.39 is 9.84 Å². The Balaban J connectivity index is 2.33. The van der Waals surface area contributed by atoms with Crippen molar-refractivity contribution in [2.24, 2.45) is 7.05 Å². The second kappa shape index (κ2) is 5.62. The number of aromatic nitrogens is 3. The van der Waals surface area contributed by atoms with Crippen LogP contribution in [0.15, 0.2) is 35.5 Å². The largest absolute Gasteiger partial charge is 0.374 e. The van der Waals surface area contributed by atoms with E-state index in [9.17, 15) is 8.42 Å². The number of nitrogens with zero attached hydrogens (tertiary/aromatic N) is 3. The number of anilines is 1. The predicted molar refractivity (Wildman–Crippen MR) is 77.2 cm³/mol. The van der Waals surface area contributed by atoms with E-state index in [1.165, 1.54) is 0 Å². The molecule has 2 aromatic rings. The van der Waals surface area contributed by atoms with E-state index in [4.69, 9.17) is 0 Å². The van der Waals surface area contributed by atoms with Crippen molar-refractivity contribution in [2.75, 3.05) is 11.1 Å². The summed E-state index contributed by atoms with van der Waals surface area (Å²) in [6.45, 7) is 3.55. The van der Waals surface area contributed by atoms with Crippen LogP contribution in [0.2, 0.25) is 0 Å². The Morgan fingerprint density at radius 3 is 2.65 bits per heavy atom. The molecule has 1 N–H and O–H groups in total. The Labute approximate surface area is 118 Å². The summed E-state index contributed by atoms with van der Waals surface area (Å²) in [6.07, 6.45) is 1.61. The average molecular weight is 294 g/mol. The van der Waals surface area contributed by atoms with E-state index >= 15 is 0 Å². The van der Waals surface area contributed by atoms with Gasteiger partial charge in [-0.15, -0.1) is 10.2 Å². The minimum atomic E-state index is -3.26. The van der Waals surface area contributed by atoms with Crippen LogP contribution in [0.1, 0.15) is 25.7 Å². The molecule has 6 nitrogen and oxygen atoms in total. The topological polar surface area (TPSA) is 76.9 Å². The van der Waals surface area contributed by atoms with Crippen molar-refractivity contribution in [3.05, 3.63) is 36.4 Å². The molecule has 0 aliphatic carbocycles. The van der Waals surface area contributed by atoms with Crippen molar-refractivity contribution in [1.29, 1.82) is 0 Å². The highest BCUT2D eigenvalue weighted by Crippen LogP contribution is 2.25. The lowest BCUT2D eigenvalue weighted by Gasteiger charge is -2.17. The molecule has 0 radical (unpaired) electrons. The number of sulfone groups is 1. The molecule has 0 saturated heterocycles. The smallest absolute Gasteiger partial charge is 0.180 e. The summed E-state index contributed by atoms with van der Waals surface area (Å²) in [5, 5.41) is 11.0. The van der Waals surface area contributed by atoms with Gasteiger partial charge < -0.3 is 9.88 Å². The number of hydrogen-bond donors (Lipinski definition) is 1. The van der Waals surface area contributed by atoms with Crippen LogP contribution in [0, 0.1) is 0 Å². The SMILES string of the molecule is CCS(=O)(=O)c1ccccc1NC(C)c1nncn1C. The van der Waals surface area contributed by atoms with Crippen LogP contribution in [0.25, 0.3) is 0 Å². The molecule has 1 aromatic heterocycles. The summed E-state index contributed by atoms with van der Waals surface area (Å²) in [4.78, 5) is 0.316. The van der Waals surface area contributed by atoms with Crippen molar-refractivity contribution in [2.45, 2.75) is 24.8 Å². The van der Waals surface area contributed by atoms with Crippen molar-refractivity contribution < 1.29 is 8.42 Å². The van der Waals surface area contributed by atoms with Gasteiger partial charge in [0, 0.05) is 7.05 Å². The van der Waals surface area contributed by atoms with Gasteiger partial charge in [-0.25, -0.2) is 8.42 Å². The summed E-state index contributed by atoms with van der Waals surface area (Å²) in [7, 11) is -1.41. The molecule has 1 aromatic carbocycles. The summed E-state index contributed by atoms with van der Waals surface area (Å²) in [6, 6.07) is 6.76. The highest BCUT2D eigenvalue weighted by atomic mass is 32.2. The first kappa shape index (κ1) is 14.5. The average Bonchev–Trinajstić information content (AvgIpc) is 2.85. The first-order valence-corrected chi connectivity index (χ1v) is 8.03. The maximum Gasteiger partial charge on any atom is 0.180 e. The maximum absolute atomic E-state index is 12.1. The third-order valence-corrected chi connectivity index (χ3v) is 4.89. The van der Waals surface area contributed by atoms with E-state index in [-0.39, 0.29) is 11.8 Å². The lowest BCUT2D eigenvalue weighted by atomic mass is 10.2. The van der Waals surface area contributed by atoms with Crippen LogP contribution in [-0.2, 0) is 16.9 Å². The van der Waals surface area contributed by atoms with Gasteiger partial charge >= 0.3 is 0 Å². The number of aryl methyl sites for hydroxylation is 1. The van der Waals surface area contributed by atoms with Gasteiger partial charge in [-0.1, -0.05) is 19.1 Å². The van der Waals surface area contributed by atoms with E-state index in [0.29, 0.717) is 10.6 Å².